The van der Waals surface area contributed by atoms with Gasteiger partial charge in [-0.25, -0.2) is 4.79 Å². The zero-order chi connectivity index (χ0) is 57.2. The number of benzene rings is 4. The second-order valence-corrected chi connectivity index (χ2v) is 25.8. The van der Waals surface area contributed by atoms with Crippen LogP contribution in [0.25, 0.3) is 0 Å². The van der Waals surface area contributed by atoms with Gasteiger partial charge in [-0.05, 0) is 135 Å². The second kappa shape index (κ2) is 26.0. The van der Waals surface area contributed by atoms with Crippen LogP contribution in [0.2, 0.25) is 0 Å². The molecular formula is C63H79N5O10S. The number of aryl methyl sites for hydroxylation is 2. The second-order valence-electron chi connectivity index (χ2n) is 23.9. The van der Waals surface area contributed by atoms with Gasteiger partial charge in [-0.3, -0.25) is 24.0 Å². The minimum atomic E-state index is -1.06. The van der Waals surface area contributed by atoms with E-state index in [4.69, 9.17) is 19.1 Å². The Kier molecular flexibility index (Phi) is 19.7. The number of nitrogens with zero attached hydrogens (tertiary/aromatic N) is 2. The Bertz CT molecular complexity index is 2870. The van der Waals surface area contributed by atoms with Crippen LogP contribution in [-0.2, 0) is 75.4 Å². The zero-order valence-electron chi connectivity index (χ0n) is 47.4. The highest BCUT2D eigenvalue weighted by Crippen LogP contribution is 2.41. The van der Waals surface area contributed by atoms with Gasteiger partial charge in [0.25, 0.3) is 0 Å². The Morgan fingerprint density at radius 2 is 1.27 bits per heavy atom. The van der Waals surface area contributed by atoms with E-state index in [1.165, 1.54) is 11.1 Å². The van der Waals surface area contributed by atoms with Crippen LogP contribution in [0.4, 0.5) is 4.79 Å². The number of carbonyl (C=O) groups excluding carboxylic acids is 8. The molecule has 15 nitrogen and oxygen atoms in total. The number of thioether (sulfide) groups is 1. The molecule has 4 aromatic rings. The van der Waals surface area contributed by atoms with Crippen LogP contribution < -0.4 is 16.0 Å². The summed E-state index contributed by atoms with van der Waals surface area (Å²) in [6, 6.07) is 28.7. The van der Waals surface area contributed by atoms with Crippen molar-refractivity contribution in [2.45, 2.75) is 180 Å². The van der Waals surface area contributed by atoms with Crippen LogP contribution in [0.3, 0.4) is 0 Å². The lowest BCUT2D eigenvalue weighted by Gasteiger charge is -2.42. The molecule has 0 radical (unpaired) electrons. The summed E-state index contributed by atoms with van der Waals surface area (Å²) < 4.78 is 10.6. The highest BCUT2D eigenvalue weighted by molar-refractivity contribution is 8.00. The predicted molar refractivity (Wildman–Crippen MR) is 302 cm³/mol. The van der Waals surface area contributed by atoms with Crippen LogP contribution >= 0.6 is 11.8 Å². The minimum absolute atomic E-state index is 0.0816. The van der Waals surface area contributed by atoms with E-state index in [2.05, 4.69) is 46.3 Å². The maximum atomic E-state index is 15.4. The number of hydrogen-bond acceptors (Lipinski definition) is 11. The number of nitrogens with one attached hydrogen (secondary N) is 3. The lowest BCUT2D eigenvalue weighted by molar-refractivity contribution is -0.191. The molecule has 1 fully saturated rings. The number of carbonyl (C=O) groups is 6. The van der Waals surface area contributed by atoms with Crippen molar-refractivity contribution in [2.75, 3.05) is 12.3 Å². The number of fused-ring (bicyclic) bond motifs is 3. The zero-order valence-corrected chi connectivity index (χ0v) is 48.2. The lowest BCUT2D eigenvalue weighted by atomic mass is 9.77. The standard InChI is InChI=1S/C62H79N5O8S.CO2/c1-10-76-62(8,9)54(65-59(73)75-61(5,6)7)58(72)67-36-44-32-42(30-31-43(44)33-51(67)55(69)63-49-28-18-24-40-22-14-16-26-46(40)49)45-34-52(56(70)64-50-29-19-25-41-23-15-17-27-47(41)50)66(37-45)57(71)48(60(2,3)4)35-53(68)74-38-39-20-12-11-13-21-39;2-1-3/h11-17,20-23,26-27,30-32,45,48-52,54H,10,18-19,24-25,28-29,33-38H2,1-9H3,(H,63,69)(H,64,70)(H,65,73);/t45?,48-,49?,50?,51+,52+,54-;/m1./s1. The Morgan fingerprint density at radius 3 is 1.84 bits per heavy atom. The SMILES string of the molecule is CCSC(C)(C)[C@H](NC(=O)OC(C)(C)C)C(=O)N1Cc2cc(C3C[C@@H](C(=O)NC4CCCc5ccccc54)N(C(=O)[C@@H](CC(=O)OCc4ccccc4)C(C)(C)C)C3)ccc2C[C@H]1C(=O)NC1CCCc2ccccc21.O=C=O. The lowest BCUT2D eigenvalue weighted by Crippen LogP contribution is -2.62. The van der Waals surface area contributed by atoms with Crippen molar-refractivity contribution in [1.82, 2.24) is 25.8 Å². The molecule has 4 aliphatic rings. The van der Waals surface area contributed by atoms with E-state index in [1.54, 1.807) is 42.3 Å². The van der Waals surface area contributed by atoms with Crippen molar-refractivity contribution in [2.24, 2.45) is 11.3 Å². The molecule has 422 valence electrons. The molecule has 2 aliphatic heterocycles. The number of hydrogen-bond donors (Lipinski definition) is 3. The first-order valence-electron chi connectivity index (χ1n) is 27.8. The average Bonchev–Trinajstić information content (AvgIpc) is 3.89. The first-order valence-corrected chi connectivity index (χ1v) is 28.8. The number of rotatable bonds is 15. The molecule has 4 aromatic carbocycles. The van der Waals surface area contributed by atoms with Crippen molar-refractivity contribution >= 4 is 53.6 Å². The smallest absolute Gasteiger partial charge is 0.408 e. The third-order valence-corrected chi connectivity index (χ3v) is 17.0. The molecule has 1 saturated heterocycles. The quantitative estimate of drug-likeness (QED) is 0.0959. The number of esters is 1. The predicted octanol–water partition coefficient (Wildman–Crippen LogP) is 9.65. The average molecular weight is 1100 g/mol. The van der Waals surface area contributed by atoms with Gasteiger partial charge < -0.3 is 35.2 Å². The molecule has 0 saturated carbocycles. The maximum absolute atomic E-state index is 15.4. The van der Waals surface area contributed by atoms with Gasteiger partial charge >= 0.3 is 18.2 Å². The summed E-state index contributed by atoms with van der Waals surface area (Å²) in [6.07, 6.45) is 5.21. The monoisotopic (exact) mass is 1100 g/mol. The molecule has 79 heavy (non-hydrogen) atoms. The molecule has 2 aliphatic carbocycles. The van der Waals surface area contributed by atoms with Crippen LogP contribution in [0, 0.1) is 11.3 Å². The normalized spacial score (nSPS) is 20.5. The highest BCUT2D eigenvalue weighted by Gasteiger charge is 2.48. The van der Waals surface area contributed by atoms with E-state index in [-0.39, 0.29) is 74.4 Å². The molecule has 0 spiro atoms. The fraction of sp³-hybridized carbons (Fsp3) is 0.508. The number of likely N-dealkylation sites (tertiary alicyclic amines) is 1. The summed E-state index contributed by atoms with van der Waals surface area (Å²) in [4.78, 5) is 107. The van der Waals surface area contributed by atoms with Gasteiger partial charge in [0.05, 0.1) is 24.4 Å². The molecule has 3 unspecified atom stereocenters. The topological polar surface area (TPSA) is 198 Å². The van der Waals surface area contributed by atoms with E-state index < -0.39 is 57.8 Å². The summed E-state index contributed by atoms with van der Waals surface area (Å²) in [5.74, 6) is -2.07. The van der Waals surface area contributed by atoms with Gasteiger partial charge in [-0.1, -0.05) is 125 Å². The Balaban J connectivity index is 0.00000294. The summed E-state index contributed by atoms with van der Waals surface area (Å²) >= 11 is 1.54. The molecule has 8 rings (SSSR count). The maximum Gasteiger partial charge on any atom is 0.408 e. The summed E-state index contributed by atoms with van der Waals surface area (Å²) in [6.45, 7) is 17.4. The summed E-state index contributed by atoms with van der Waals surface area (Å²) in [5, 5.41) is 9.64. The Hall–Kier alpha value is -6.77. The van der Waals surface area contributed by atoms with Gasteiger partial charge in [0.1, 0.15) is 30.3 Å². The molecule has 16 heteroatoms. The molecule has 0 bridgehead atoms. The third kappa shape index (κ3) is 15.1. The fourth-order valence-corrected chi connectivity index (χ4v) is 12.8. The molecule has 3 N–H and O–H groups in total. The van der Waals surface area contributed by atoms with Crippen molar-refractivity contribution in [3.8, 4) is 0 Å². The van der Waals surface area contributed by atoms with Gasteiger partial charge in [0.15, 0.2) is 0 Å². The van der Waals surface area contributed by atoms with Gasteiger partial charge in [0.2, 0.25) is 23.6 Å². The van der Waals surface area contributed by atoms with Crippen molar-refractivity contribution in [3.05, 3.63) is 142 Å². The van der Waals surface area contributed by atoms with Crippen molar-refractivity contribution in [1.29, 1.82) is 0 Å². The van der Waals surface area contributed by atoms with Crippen molar-refractivity contribution in [3.63, 3.8) is 0 Å². The Labute approximate surface area is 470 Å². The first-order chi connectivity index (χ1) is 37.5. The molecule has 2 heterocycles. The van der Waals surface area contributed by atoms with Gasteiger partial charge in [-0.15, -0.1) is 0 Å². The summed E-state index contributed by atoms with van der Waals surface area (Å²) in [7, 11) is 0. The van der Waals surface area contributed by atoms with E-state index in [0.717, 1.165) is 71.9 Å². The first kappa shape index (κ1) is 59.9. The van der Waals surface area contributed by atoms with E-state index in [0.29, 0.717) is 12.2 Å². The van der Waals surface area contributed by atoms with E-state index >= 15 is 9.59 Å². The minimum Gasteiger partial charge on any atom is -0.461 e. The largest absolute Gasteiger partial charge is 0.461 e. The van der Waals surface area contributed by atoms with Crippen molar-refractivity contribution < 1.29 is 47.8 Å². The number of ether oxygens (including phenoxy) is 2. The van der Waals surface area contributed by atoms with Crippen LogP contribution in [0.15, 0.2) is 97.1 Å². The van der Waals surface area contributed by atoms with Crippen LogP contribution in [0.1, 0.15) is 163 Å². The highest BCUT2D eigenvalue weighted by atomic mass is 32.2. The van der Waals surface area contributed by atoms with Crippen LogP contribution in [-0.4, -0.2) is 92.4 Å². The fourth-order valence-electron chi connectivity index (χ4n) is 11.7. The molecule has 7 atom stereocenters. The Morgan fingerprint density at radius 1 is 0.696 bits per heavy atom. The summed E-state index contributed by atoms with van der Waals surface area (Å²) in [5.41, 5.74) is 6.60. The van der Waals surface area contributed by atoms with Gasteiger partial charge in [-0.2, -0.15) is 21.4 Å². The third-order valence-electron chi connectivity index (χ3n) is 15.8. The number of amides is 5. The van der Waals surface area contributed by atoms with E-state index in [1.807, 2.05) is 108 Å². The number of alkyl carbamates (subject to hydrolysis) is 1. The van der Waals surface area contributed by atoms with Gasteiger partial charge in [0, 0.05) is 30.2 Å². The molecular weight excluding hydrogens is 1020 g/mol. The molecule has 5 amide bonds. The van der Waals surface area contributed by atoms with Crippen LogP contribution in [0.5, 0.6) is 0 Å². The molecule has 0 aromatic heterocycles. The van der Waals surface area contributed by atoms with E-state index in [9.17, 15) is 19.2 Å².